The molecule has 0 saturated heterocycles. The van der Waals surface area contributed by atoms with Crippen molar-refractivity contribution in [2.24, 2.45) is 0 Å². The van der Waals surface area contributed by atoms with Gasteiger partial charge < -0.3 is 15.5 Å². The average molecular weight is 459 g/mol. The standard InChI is InChI=1S/C23H30N4O4S/c1-27(2)19-12-10-18(11-13-19)22(29)25-20(16-32-14-6-9-21(28)26-31)23(30)24-15-17-7-4-3-5-8-17/h3-5,7-8,10-13,20,31H,6,9,14-16H2,1-2H3,(H,24,30)(H,25,29)(H,26,28)/t20-/m0/s1. The van der Waals surface area contributed by atoms with Crippen molar-refractivity contribution in [1.29, 1.82) is 0 Å². The molecule has 0 heterocycles. The maximum atomic E-state index is 12.8. The SMILES string of the molecule is CN(C)c1ccc(C(=O)N[C@@H](CSCCCC(=O)NO)C(=O)NCc2ccccc2)cc1. The van der Waals surface area contributed by atoms with E-state index < -0.39 is 11.9 Å². The quantitative estimate of drug-likeness (QED) is 0.220. The van der Waals surface area contributed by atoms with Crippen molar-refractivity contribution in [2.75, 3.05) is 30.5 Å². The van der Waals surface area contributed by atoms with E-state index in [1.54, 1.807) is 17.6 Å². The summed E-state index contributed by atoms with van der Waals surface area (Å²) in [6, 6.07) is 16.0. The number of hydrogen-bond acceptors (Lipinski definition) is 6. The molecule has 0 spiro atoms. The highest BCUT2D eigenvalue weighted by molar-refractivity contribution is 7.99. The molecule has 2 aromatic rings. The molecule has 0 unspecified atom stereocenters. The molecule has 0 radical (unpaired) electrons. The van der Waals surface area contributed by atoms with Gasteiger partial charge in [0.15, 0.2) is 0 Å². The van der Waals surface area contributed by atoms with Crippen LogP contribution in [0.2, 0.25) is 0 Å². The average Bonchev–Trinajstić information content (AvgIpc) is 2.81. The van der Waals surface area contributed by atoms with E-state index in [0.29, 0.717) is 30.0 Å². The van der Waals surface area contributed by atoms with Crippen LogP contribution >= 0.6 is 11.8 Å². The number of hydrogen-bond donors (Lipinski definition) is 4. The van der Waals surface area contributed by atoms with Gasteiger partial charge in [0.1, 0.15) is 6.04 Å². The third kappa shape index (κ3) is 8.60. The van der Waals surface area contributed by atoms with Gasteiger partial charge in [-0.15, -0.1) is 0 Å². The van der Waals surface area contributed by atoms with Crippen LogP contribution in [0.4, 0.5) is 5.69 Å². The minimum Gasteiger partial charge on any atom is -0.378 e. The van der Waals surface area contributed by atoms with Crippen molar-refractivity contribution in [3.8, 4) is 0 Å². The number of hydroxylamine groups is 1. The van der Waals surface area contributed by atoms with E-state index in [1.807, 2.05) is 61.5 Å². The van der Waals surface area contributed by atoms with E-state index in [2.05, 4.69) is 10.6 Å². The molecule has 8 nitrogen and oxygen atoms in total. The molecule has 2 aromatic carbocycles. The summed E-state index contributed by atoms with van der Waals surface area (Å²) in [5.41, 5.74) is 4.01. The van der Waals surface area contributed by atoms with Gasteiger partial charge in [0.05, 0.1) is 0 Å². The zero-order valence-corrected chi connectivity index (χ0v) is 19.2. The number of anilines is 1. The Morgan fingerprint density at radius 2 is 1.72 bits per heavy atom. The van der Waals surface area contributed by atoms with Gasteiger partial charge in [-0.2, -0.15) is 11.8 Å². The molecule has 1 atom stereocenters. The van der Waals surface area contributed by atoms with Gasteiger partial charge in [0.25, 0.3) is 5.91 Å². The number of rotatable bonds is 12. The highest BCUT2D eigenvalue weighted by Gasteiger charge is 2.21. The Morgan fingerprint density at radius 1 is 1.03 bits per heavy atom. The monoisotopic (exact) mass is 458 g/mol. The molecular weight excluding hydrogens is 428 g/mol. The fourth-order valence-electron chi connectivity index (χ4n) is 2.84. The van der Waals surface area contributed by atoms with Crippen LogP contribution in [0.25, 0.3) is 0 Å². The Kier molecular flexibility index (Phi) is 10.6. The van der Waals surface area contributed by atoms with Crippen LogP contribution in [0, 0.1) is 0 Å². The molecule has 32 heavy (non-hydrogen) atoms. The van der Waals surface area contributed by atoms with Crippen molar-refractivity contribution >= 4 is 35.2 Å². The van der Waals surface area contributed by atoms with Crippen molar-refractivity contribution in [3.05, 3.63) is 65.7 Å². The fraction of sp³-hybridized carbons (Fsp3) is 0.348. The molecule has 172 valence electrons. The summed E-state index contributed by atoms with van der Waals surface area (Å²) >= 11 is 1.46. The van der Waals surface area contributed by atoms with Gasteiger partial charge in [-0.3, -0.25) is 19.6 Å². The van der Waals surface area contributed by atoms with Gasteiger partial charge in [-0.1, -0.05) is 30.3 Å². The predicted octanol–water partition coefficient (Wildman–Crippen LogP) is 2.19. The van der Waals surface area contributed by atoms with Crippen LogP contribution in [0.5, 0.6) is 0 Å². The first kappa shape index (κ1) is 25.2. The smallest absolute Gasteiger partial charge is 0.251 e. The van der Waals surface area contributed by atoms with Gasteiger partial charge in [0, 0.05) is 44.1 Å². The Hall–Kier alpha value is -3.04. The minimum atomic E-state index is -0.726. The molecule has 9 heteroatoms. The summed E-state index contributed by atoms with van der Waals surface area (Å²) in [5, 5.41) is 14.3. The van der Waals surface area contributed by atoms with Crippen LogP contribution in [-0.4, -0.2) is 54.6 Å². The Bertz CT molecular complexity index is 875. The number of nitrogens with zero attached hydrogens (tertiary/aromatic N) is 1. The number of carbonyl (C=O) groups is 3. The van der Waals surface area contributed by atoms with Crippen molar-refractivity contribution in [3.63, 3.8) is 0 Å². The first-order valence-corrected chi connectivity index (χ1v) is 11.5. The third-order valence-corrected chi connectivity index (χ3v) is 5.83. The first-order chi connectivity index (χ1) is 15.4. The van der Waals surface area contributed by atoms with Crippen molar-refractivity contribution < 1.29 is 19.6 Å². The van der Waals surface area contributed by atoms with E-state index in [0.717, 1.165) is 11.3 Å². The summed E-state index contributed by atoms with van der Waals surface area (Å²) in [4.78, 5) is 38.6. The number of amides is 3. The lowest BCUT2D eigenvalue weighted by molar-refractivity contribution is -0.129. The van der Waals surface area contributed by atoms with E-state index >= 15 is 0 Å². The number of thioether (sulfide) groups is 1. The highest BCUT2D eigenvalue weighted by atomic mass is 32.2. The summed E-state index contributed by atoms with van der Waals surface area (Å²) in [7, 11) is 3.84. The summed E-state index contributed by atoms with van der Waals surface area (Å²) < 4.78 is 0. The van der Waals surface area contributed by atoms with Crippen LogP contribution < -0.4 is 21.0 Å². The van der Waals surface area contributed by atoms with Crippen LogP contribution in [-0.2, 0) is 16.1 Å². The Morgan fingerprint density at radius 3 is 2.34 bits per heavy atom. The van der Waals surface area contributed by atoms with Gasteiger partial charge in [-0.05, 0) is 42.0 Å². The largest absolute Gasteiger partial charge is 0.378 e. The van der Waals surface area contributed by atoms with Gasteiger partial charge in [0.2, 0.25) is 11.8 Å². The Labute approximate surface area is 192 Å². The molecule has 3 amide bonds. The molecule has 0 aromatic heterocycles. The number of nitrogens with one attached hydrogen (secondary N) is 3. The minimum absolute atomic E-state index is 0.193. The van der Waals surface area contributed by atoms with Crippen molar-refractivity contribution in [2.45, 2.75) is 25.4 Å². The molecule has 0 aliphatic heterocycles. The third-order valence-electron chi connectivity index (χ3n) is 4.68. The predicted molar refractivity (Wildman–Crippen MR) is 127 cm³/mol. The summed E-state index contributed by atoms with van der Waals surface area (Å²) in [6.07, 6.45) is 0.744. The normalized spacial score (nSPS) is 11.3. The molecule has 0 saturated carbocycles. The lowest BCUT2D eigenvalue weighted by Gasteiger charge is -2.19. The number of benzene rings is 2. The summed E-state index contributed by atoms with van der Waals surface area (Å²) in [6.45, 7) is 0.366. The lowest BCUT2D eigenvalue weighted by Crippen LogP contribution is -2.48. The first-order valence-electron chi connectivity index (χ1n) is 10.3. The molecule has 4 N–H and O–H groups in total. The van der Waals surface area contributed by atoms with E-state index in [-0.39, 0.29) is 18.2 Å². The van der Waals surface area contributed by atoms with E-state index in [1.165, 1.54) is 11.8 Å². The zero-order valence-electron chi connectivity index (χ0n) is 18.3. The highest BCUT2D eigenvalue weighted by Crippen LogP contribution is 2.13. The second-order valence-corrected chi connectivity index (χ2v) is 8.53. The molecular formula is C23H30N4O4S. The van der Waals surface area contributed by atoms with Crippen LogP contribution in [0.1, 0.15) is 28.8 Å². The maximum absolute atomic E-state index is 12.8. The van der Waals surface area contributed by atoms with Crippen LogP contribution in [0.15, 0.2) is 54.6 Å². The topological polar surface area (TPSA) is 111 Å². The number of carbonyl (C=O) groups excluding carboxylic acids is 3. The van der Waals surface area contributed by atoms with Crippen LogP contribution in [0.3, 0.4) is 0 Å². The summed E-state index contributed by atoms with van der Waals surface area (Å²) in [5.74, 6) is -0.0630. The zero-order chi connectivity index (χ0) is 23.3. The van der Waals surface area contributed by atoms with Gasteiger partial charge in [-0.25, -0.2) is 5.48 Å². The molecule has 0 bridgehead atoms. The van der Waals surface area contributed by atoms with E-state index in [9.17, 15) is 14.4 Å². The maximum Gasteiger partial charge on any atom is 0.251 e. The van der Waals surface area contributed by atoms with Crippen molar-refractivity contribution in [1.82, 2.24) is 16.1 Å². The lowest BCUT2D eigenvalue weighted by atomic mass is 10.1. The van der Waals surface area contributed by atoms with E-state index in [4.69, 9.17) is 5.21 Å². The van der Waals surface area contributed by atoms with Gasteiger partial charge >= 0.3 is 0 Å². The molecule has 0 aliphatic rings. The fourth-order valence-corrected chi connectivity index (χ4v) is 3.82. The molecule has 2 rings (SSSR count). The molecule has 0 aliphatic carbocycles. The molecule has 0 fully saturated rings. The second kappa shape index (κ2) is 13.4. The second-order valence-electron chi connectivity index (χ2n) is 7.38. The Balaban J connectivity index is 1.97.